The molecule has 21 heavy (non-hydrogen) atoms. The molecule has 2 fully saturated rings. The molecule has 3 rings (SSSR count). The van der Waals surface area contributed by atoms with Gasteiger partial charge in [0.1, 0.15) is 11.9 Å². The zero-order chi connectivity index (χ0) is 14.7. The number of rotatable bonds is 3. The fourth-order valence-corrected chi connectivity index (χ4v) is 2.94. The molecule has 0 saturated carbocycles. The maximum Gasteiger partial charge on any atom is 0.236 e. The van der Waals surface area contributed by atoms with Crippen molar-refractivity contribution in [1.29, 1.82) is 0 Å². The van der Waals surface area contributed by atoms with Crippen LogP contribution in [0.5, 0.6) is 0 Å². The average molecular weight is 290 g/mol. The minimum Gasteiger partial charge on any atom is -0.369 e. The summed E-state index contributed by atoms with van der Waals surface area (Å²) >= 11 is 0. The van der Waals surface area contributed by atoms with Crippen molar-refractivity contribution in [2.45, 2.75) is 25.9 Å². The lowest BCUT2D eigenvalue weighted by Gasteiger charge is -2.33. The van der Waals surface area contributed by atoms with Crippen molar-refractivity contribution in [3.8, 4) is 0 Å². The quantitative estimate of drug-likeness (QED) is 0.823. The van der Waals surface area contributed by atoms with Gasteiger partial charge in [-0.2, -0.15) is 0 Å². The van der Waals surface area contributed by atoms with E-state index in [1.807, 2.05) is 17.9 Å². The van der Waals surface area contributed by atoms with Crippen molar-refractivity contribution in [3.05, 3.63) is 23.8 Å². The second-order valence-electron chi connectivity index (χ2n) is 5.71. The molecule has 0 bridgehead atoms. The normalized spacial score (nSPS) is 23.5. The Labute approximate surface area is 125 Å². The maximum absolute atomic E-state index is 12.2. The molecule has 2 aliphatic heterocycles. The summed E-state index contributed by atoms with van der Waals surface area (Å²) in [4.78, 5) is 24.9. The number of aromatic nitrogens is 2. The van der Waals surface area contributed by atoms with E-state index in [0.717, 1.165) is 50.5 Å². The highest BCUT2D eigenvalue weighted by Gasteiger charge is 2.26. The lowest BCUT2D eigenvalue weighted by Crippen LogP contribution is -2.45. The Bertz CT molecular complexity index is 502. The second kappa shape index (κ2) is 6.49. The Balaban J connectivity index is 1.59. The van der Waals surface area contributed by atoms with Crippen LogP contribution in [0.3, 0.4) is 0 Å². The van der Waals surface area contributed by atoms with Gasteiger partial charge >= 0.3 is 0 Å². The predicted molar refractivity (Wildman–Crippen MR) is 77.7 cm³/mol. The third-order valence-electron chi connectivity index (χ3n) is 4.10. The smallest absolute Gasteiger partial charge is 0.236 e. The zero-order valence-corrected chi connectivity index (χ0v) is 12.5. The van der Waals surface area contributed by atoms with Gasteiger partial charge in [-0.05, 0) is 25.8 Å². The highest BCUT2D eigenvalue weighted by molar-refractivity contribution is 5.78. The number of carbonyl (C=O) groups is 1. The molecular formula is C15H22N4O2. The molecule has 1 amide bonds. The van der Waals surface area contributed by atoms with Crippen LogP contribution in [0.25, 0.3) is 0 Å². The predicted octanol–water partition coefficient (Wildman–Crippen LogP) is 0.781. The molecular weight excluding hydrogens is 268 g/mol. The van der Waals surface area contributed by atoms with Crippen molar-refractivity contribution in [2.24, 2.45) is 0 Å². The van der Waals surface area contributed by atoms with Gasteiger partial charge in [0.2, 0.25) is 5.91 Å². The number of hydrogen-bond acceptors (Lipinski definition) is 5. The minimum atomic E-state index is -0.0631. The lowest BCUT2D eigenvalue weighted by atomic mass is 10.2. The molecule has 6 nitrogen and oxygen atoms in total. The molecule has 0 radical (unpaired) electrons. The zero-order valence-electron chi connectivity index (χ0n) is 12.5. The van der Waals surface area contributed by atoms with Crippen LogP contribution in [0.15, 0.2) is 12.3 Å². The van der Waals surface area contributed by atoms with Gasteiger partial charge in [-0.15, -0.1) is 0 Å². The molecule has 0 spiro atoms. The summed E-state index contributed by atoms with van der Waals surface area (Å²) in [6, 6.07) is 1.89. The van der Waals surface area contributed by atoms with Gasteiger partial charge in [0.15, 0.2) is 0 Å². The van der Waals surface area contributed by atoms with Crippen molar-refractivity contribution in [2.75, 3.05) is 39.3 Å². The van der Waals surface area contributed by atoms with Crippen molar-refractivity contribution in [3.63, 3.8) is 0 Å². The second-order valence-corrected chi connectivity index (χ2v) is 5.71. The Morgan fingerprint density at radius 3 is 2.95 bits per heavy atom. The first-order valence-electron chi connectivity index (χ1n) is 7.63. The molecule has 2 saturated heterocycles. The van der Waals surface area contributed by atoms with Crippen LogP contribution in [0.4, 0.5) is 0 Å². The molecule has 114 valence electrons. The minimum absolute atomic E-state index is 0.0631. The van der Waals surface area contributed by atoms with E-state index >= 15 is 0 Å². The molecule has 0 N–H and O–H groups in total. The van der Waals surface area contributed by atoms with E-state index in [9.17, 15) is 4.79 Å². The highest BCUT2D eigenvalue weighted by atomic mass is 16.5. The van der Waals surface area contributed by atoms with Crippen LogP contribution < -0.4 is 0 Å². The average Bonchev–Trinajstić information content (AvgIpc) is 3.02. The summed E-state index contributed by atoms with van der Waals surface area (Å²) in [6.45, 7) is 6.36. The molecule has 6 heteroatoms. The van der Waals surface area contributed by atoms with Crippen LogP contribution >= 0.6 is 0 Å². The molecule has 0 aliphatic carbocycles. The van der Waals surface area contributed by atoms with Crippen LogP contribution in [-0.2, 0) is 9.53 Å². The Kier molecular flexibility index (Phi) is 4.45. The van der Waals surface area contributed by atoms with E-state index in [0.29, 0.717) is 13.2 Å². The van der Waals surface area contributed by atoms with Gasteiger partial charge in [0.05, 0.1) is 18.8 Å². The van der Waals surface area contributed by atoms with E-state index in [-0.39, 0.29) is 12.0 Å². The van der Waals surface area contributed by atoms with Crippen LogP contribution in [0.1, 0.15) is 30.5 Å². The first kappa shape index (κ1) is 14.4. The molecule has 1 aromatic rings. The van der Waals surface area contributed by atoms with Crippen molar-refractivity contribution in [1.82, 2.24) is 19.8 Å². The molecule has 0 unspecified atom stereocenters. The molecule has 2 aliphatic rings. The van der Waals surface area contributed by atoms with E-state index in [1.54, 1.807) is 6.20 Å². The third kappa shape index (κ3) is 3.57. The van der Waals surface area contributed by atoms with Gasteiger partial charge in [-0.1, -0.05) is 0 Å². The Morgan fingerprint density at radius 1 is 1.38 bits per heavy atom. The van der Waals surface area contributed by atoms with Gasteiger partial charge in [-0.25, -0.2) is 9.97 Å². The van der Waals surface area contributed by atoms with Crippen LogP contribution in [-0.4, -0.2) is 65.0 Å². The van der Waals surface area contributed by atoms with E-state index in [1.165, 1.54) is 0 Å². The molecule has 1 atom stereocenters. The van der Waals surface area contributed by atoms with E-state index in [4.69, 9.17) is 4.74 Å². The number of aryl methyl sites for hydroxylation is 1. The number of likely N-dealkylation sites (tertiary alicyclic amines) is 1. The number of carbonyl (C=O) groups excluding carboxylic acids is 1. The monoisotopic (exact) mass is 290 g/mol. The number of amides is 1. The Hall–Kier alpha value is -1.53. The van der Waals surface area contributed by atoms with E-state index < -0.39 is 0 Å². The van der Waals surface area contributed by atoms with Gasteiger partial charge in [0, 0.05) is 32.4 Å². The first-order chi connectivity index (χ1) is 10.2. The summed E-state index contributed by atoms with van der Waals surface area (Å²) in [6.07, 6.45) is 3.97. The van der Waals surface area contributed by atoms with Crippen LogP contribution in [0, 0.1) is 6.92 Å². The van der Waals surface area contributed by atoms with Crippen LogP contribution in [0.2, 0.25) is 0 Å². The summed E-state index contributed by atoms with van der Waals surface area (Å²) in [5, 5.41) is 0. The standard InChI is InChI=1S/C15H22N4O2/c1-12-16-5-4-13(17-12)14-10-18(8-9-21-14)11-15(20)19-6-2-3-7-19/h4-5,14H,2-3,6-11H2,1H3/t14-/m0/s1. The maximum atomic E-state index is 12.2. The first-order valence-corrected chi connectivity index (χ1v) is 7.63. The van der Waals surface area contributed by atoms with Gasteiger partial charge in [0.25, 0.3) is 0 Å². The number of hydrogen-bond donors (Lipinski definition) is 0. The van der Waals surface area contributed by atoms with Gasteiger partial charge < -0.3 is 9.64 Å². The summed E-state index contributed by atoms with van der Waals surface area (Å²) in [5.74, 6) is 0.994. The fraction of sp³-hybridized carbons (Fsp3) is 0.667. The van der Waals surface area contributed by atoms with Crippen molar-refractivity contribution >= 4 is 5.91 Å². The molecule has 3 heterocycles. The fourth-order valence-electron chi connectivity index (χ4n) is 2.94. The topological polar surface area (TPSA) is 58.6 Å². The van der Waals surface area contributed by atoms with Gasteiger partial charge in [-0.3, -0.25) is 9.69 Å². The summed E-state index contributed by atoms with van der Waals surface area (Å²) < 4.78 is 5.80. The third-order valence-corrected chi connectivity index (χ3v) is 4.10. The highest BCUT2D eigenvalue weighted by Crippen LogP contribution is 2.20. The summed E-state index contributed by atoms with van der Waals surface area (Å²) in [5.41, 5.74) is 0.904. The lowest BCUT2D eigenvalue weighted by molar-refractivity contribution is -0.133. The molecule has 0 aromatic carbocycles. The number of ether oxygens (including phenoxy) is 1. The number of nitrogens with zero attached hydrogens (tertiary/aromatic N) is 4. The van der Waals surface area contributed by atoms with Crippen molar-refractivity contribution < 1.29 is 9.53 Å². The number of morpholine rings is 1. The Morgan fingerprint density at radius 2 is 2.19 bits per heavy atom. The van der Waals surface area contributed by atoms with E-state index in [2.05, 4.69) is 14.9 Å². The molecule has 1 aromatic heterocycles. The SMILES string of the molecule is Cc1nccc([C@@H]2CN(CC(=O)N3CCCC3)CCO2)n1. The largest absolute Gasteiger partial charge is 0.369 e. The summed E-state index contributed by atoms with van der Waals surface area (Å²) in [7, 11) is 0.